The van der Waals surface area contributed by atoms with E-state index in [1.807, 2.05) is 6.07 Å². The normalized spacial score (nSPS) is 14.1. The summed E-state index contributed by atoms with van der Waals surface area (Å²) in [6.45, 7) is 7.40. The lowest BCUT2D eigenvalue weighted by Crippen LogP contribution is -2.36. The Balaban J connectivity index is 1.48. The molecular formula is C26H32N6O. The number of nitrogens with one attached hydrogen (secondary N) is 2. The van der Waals surface area contributed by atoms with E-state index in [0.29, 0.717) is 11.9 Å². The highest BCUT2D eigenvalue weighted by atomic mass is 16.5. The second kappa shape index (κ2) is 9.77. The van der Waals surface area contributed by atoms with Gasteiger partial charge in [0, 0.05) is 37.5 Å². The lowest BCUT2D eigenvalue weighted by atomic mass is 10.1. The molecular weight excluding hydrogens is 412 g/mol. The molecule has 1 saturated heterocycles. The SMILES string of the molecule is CCCCNc1nc(N)nc2c3ccccc3n(Cc3cccc(CNCC4COC4)c3)c12. The molecule has 0 saturated carbocycles. The van der Waals surface area contributed by atoms with E-state index in [1.54, 1.807) is 0 Å². The molecule has 1 aliphatic heterocycles. The van der Waals surface area contributed by atoms with Crippen LogP contribution >= 0.6 is 0 Å². The van der Waals surface area contributed by atoms with Crippen molar-refractivity contribution in [1.29, 1.82) is 0 Å². The van der Waals surface area contributed by atoms with Crippen LogP contribution in [0.2, 0.25) is 0 Å². The number of nitrogens with zero attached hydrogens (tertiary/aromatic N) is 3. The van der Waals surface area contributed by atoms with Gasteiger partial charge >= 0.3 is 0 Å². The predicted octanol–water partition coefficient (Wildman–Crippen LogP) is 4.16. The van der Waals surface area contributed by atoms with E-state index in [4.69, 9.17) is 10.5 Å². The summed E-state index contributed by atoms with van der Waals surface area (Å²) in [4.78, 5) is 9.20. The highest BCUT2D eigenvalue weighted by Gasteiger charge is 2.19. The maximum Gasteiger partial charge on any atom is 0.222 e. The lowest BCUT2D eigenvalue weighted by Gasteiger charge is -2.26. The fourth-order valence-corrected chi connectivity index (χ4v) is 4.46. The van der Waals surface area contributed by atoms with Crippen molar-refractivity contribution >= 4 is 33.7 Å². The molecule has 0 amide bonds. The van der Waals surface area contributed by atoms with Gasteiger partial charge < -0.3 is 25.7 Å². The Morgan fingerprint density at radius 2 is 1.94 bits per heavy atom. The molecule has 7 heteroatoms. The molecule has 5 rings (SSSR count). The van der Waals surface area contributed by atoms with Gasteiger partial charge in [-0.1, -0.05) is 55.8 Å². The Labute approximate surface area is 194 Å². The molecule has 172 valence electrons. The summed E-state index contributed by atoms with van der Waals surface area (Å²) in [6.07, 6.45) is 2.20. The third-order valence-electron chi connectivity index (χ3n) is 6.25. The van der Waals surface area contributed by atoms with Gasteiger partial charge in [-0.2, -0.15) is 4.98 Å². The van der Waals surface area contributed by atoms with Crippen molar-refractivity contribution in [3.63, 3.8) is 0 Å². The number of nitrogens with two attached hydrogens (primary N) is 1. The molecule has 0 aliphatic carbocycles. The Morgan fingerprint density at radius 1 is 1.09 bits per heavy atom. The first-order valence-corrected chi connectivity index (χ1v) is 11.9. The Hall–Kier alpha value is -3.16. The van der Waals surface area contributed by atoms with Gasteiger partial charge in [-0.05, 0) is 23.6 Å². The molecule has 4 aromatic rings. The van der Waals surface area contributed by atoms with Gasteiger partial charge in [0.1, 0.15) is 11.0 Å². The Kier molecular flexibility index (Phi) is 6.41. The van der Waals surface area contributed by atoms with Crippen molar-refractivity contribution in [2.75, 3.05) is 37.4 Å². The number of hydrogen-bond donors (Lipinski definition) is 3. The average molecular weight is 445 g/mol. The van der Waals surface area contributed by atoms with Gasteiger partial charge in [0.2, 0.25) is 5.95 Å². The van der Waals surface area contributed by atoms with Crippen molar-refractivity contribution < 1.29 is 4.74 Å². The minimum atomic E-state index is 0.300. The fraction of sp³-hybridized carbons (Fsp3) is 0.385. The average Bonchev–Trinajstić information content (AvgIpc) is 3.09. The molecule has 33 heavy (non-hydrogen) atoms. The minimum absolute atomic E-state index is 0.300. The van der Waals surface area contributed by atoms with Crippen LogP contribution in [0.25, 0.3) is 21.9 Å². The van der Waals surface area contributed by atoms with Gasteiger partial charge in [-0.25, -0.2) is 4.98 Å². The number of fused-ring (bicyclic) bond motifs is 3. The van der Waals surface area contributed by atoms with Gasteiger partial charge in [-0.15, -0.1) is 0 Å². The van der Waals surface area contributed by atoms with Gasteiger partial charge in [0.25, 0.3) is 0 Å². The van der Waals surface area contributed by atoms with Crippen molar-refractivity contribution in [1.82, 2.24) is 19.9 Å². The first kappa shape index (κ1) is 21.7. The third kappa shape index (κ3) is 4.65. The van der Waals surface area contributed by atoms with Crippen LogP contribution in [0.5, 0.6) is 0 Å². The van der Waals surface area contributed by atoms with Gasteiger partial charge in [0.05, 0.1) is 18.7 Å². The van der Waals surface area contributed by atoms with E-state index in [-0.39, 0.29) is 0 Å². The molecule has 1 aliphatic rings. The third-order valence-corrected chi connectivity index (χ3v) is 6.25. The molecule has 1 fully saturated rings. The molecule has 7 nitrogen and oxygen atoms in total. The van der Waals surface area contributed by atoms with Crippen LogP contribution in [0.15, 0.2) is 48.5 Å². The van der Waals surface area contributed by atoms with Crippen LogP contribution in [0, 0.1) is 5.92 Å². The van der Waals surface area contributed by atoms with E-state index in [2.05, 4.69) is 74.6 Å². The maximum atomic E-state index is 6.10. The smallest absolute Gasteiger partial charge is 0.222 e. The molecule has 4 N–H and O–H groups in total. The number of benzene rings is 2. The summed E-state index contributed by atoms with van der Waals surface area (Å²) >= 11 is 0. The molecule has 0 atom stereocenters. The molecule has 2 aromatic heterocycles. The summed E-state index contributed by atoms with van der Waals surface area (Å²) in [5.74, 6) is 1.76. The van der Waals surface area contributed by atoms with E-state index in [9.17, 15) is 0 Å². The number of anilines is 2. The molecule has 0 spiro atoms. The number of hydrogen-bond acceptors (Lipinski definition) is 6. The standard InChI is InChI=1S/C26H32N6O/c1-2-3-11-29-25-24-23(30-26(27)31-25)21-9-4-5-10-22(21)32(24)15-19-8-6-7-18(12-19)13-28-14-20-16-33-17-20/h4-10,12,20,28H,2-3,11,13-17H2,1H3,(H3,27,29,30,31). The van der Waals surface area contributed by atoms with E-state index < -0.39 is 0 Å². The molecule has 0 bridgehead atoms. The number of rotatable bonds is 10. The molecule has 0 radical (unpaired) electrons. The van der Waals surface area contributed by atoms with Crippen LogP contribution in [0.1, 0.15) is 30.9 Å². The Morgan fingerprint density at radius 3 is 2.76 bits per heavy atom. The summed E-state index contributed by atoms with van der Waals surface area (Å²) < 4.78 is 7.58. The van der Waals surface area contributed by atoms with Crippen LogP contribution in [0.4, 0.5) is 11.8 Å². The monoisotopic (exact) mass is 444 g/mol. The molecule has 2 aromatic carbocycles. The number of ether oxygens (including phenoxy) is 1. The van der Waals surface area contributed by atoms with Crippen LogP contribution in [-0.2, 0) is 17.8 Å². The summed E-state index contributed by atoms with van der Waals surface area (Å²) in [7, 11) is 0. The maximum absolute atomic E-state index is 6.10. The zero-order valence-electron chi connectivity index (χ0n) is 19.2. The molecule has 3 heterocycles. The first-order chi connectivity index (χ1) is 16.2. The van der Waals surface area contributed by atoms with Gasteiger partial charge in [0.15, 0.2) is 5.82 Å². The fourth-order valence-electron chi connectivity index (χ4n) is 4.46. The van der Waals surface area contributed by atoms with Crippen molar-refractivity contribution in [2.45, 2.75) is 32.9 Å². The number of unbranched alkanes of at least 4 members (excludes halogenated alkanes) is 1. The largest absolute Gasteiger partial charge is 0.381 e. The van der Waals surface area contributed by atoms with Crippen molar-refractivity contribution in [2.24, 2.45) is 5.92 Å². The van der Waals surface area contributed by atoms with Crippen LogP contribution in [-0.4, -0.2) is 40.8 Å². The summed E-state index contributed by atoms with van der Waals surface area (Å²) in [5, 5.41) is 8.17. The van der Waals surface area contributed by atoms with E-state index in [0.717, 1.165) is 80.0 Å². The Bertz CT molecular complexity index is 1250. The predicted molar refractivity (Wildman–Crippen MR) is 134 cm³/mol. The highest BCUT2D eigenvalue weighted by molar-refractivity contribution is 6.09. The van der Waals surface area contributed by atoms with Crippen molar-refractivity contribution in [3.8, 4) is 0 Å². The van der Waals surface area contributed by atoms with E-state index >= 15 is 0 Å². The first-order valence-electron chi connectivity index (χ1n) is 11.9. The quantitative estimate of drug-likeness (QED) is 0.318. The zero-order chi connectivity index (χ0) is 22.6. The van der Waals surface area contributed by atoms with E-state index in [1.165, 1.54) is 11.1 Å². The minimum Gasteiger partial charge on any atom is -0.381 e. The second-order valence-electron chi connectivity index (χ2n) is 8.87. The topological polar surface area (TPSA) is 90.0 Å². The summed E-state index contributed by atoms with van der Waals surface area (Å²) in [6, 6.07) is 17.2. The number of para-hydroxylation sites is 1. The van der Waals surface area contributed by atoms with Crippen molar-refractivity contribution in [3.05, 3.63) is 59.7 Å². The van der Waals surface area contributed by atoms with Crippen LogP contribution < -0.4 is 16.4 Å². The second-order valence-corrected chi connectivity index (χ2v) is 8.87. The lowest BCUT2D eigenvalue weighted by molar-refractivity contribution is -0.0307. The van der Waals surface area contributed by atoms with Crippen LogP contribution in [0.3, 0.4) is 0 Å². The zero-order valence-corrected chi connectivity index (χ0v) is 19.2. The van der Waals surface area contributed by atoms with Gasteiger partial charge in [-0.3, -0.25) is 0 Å². The summed E-state index contributed by atoms with van der Waals surface area (Å²) in [5.41, 5.74) is 11.7. The number of aromatic nitrogens is 3. The number of nitrogen functional groups attached to an aromatic ring is 1. The highest BCUT2D eigenvalue weighted by Crippen LogP contribution is 2.33. The molecule has 0 unspecified atom stereocenters.